The number of halogens is 1. The van der Waals surface area contributed by atoms with Crippen LogP contribution in [0.4, 0.5) is 10.7 Å². The van der Waals surface area contributed by atoms with E-state index in [-0.39, 0.29) is 4.74 Å². The zero-order valence-electron chi connectivity index (χ0n) is 11.0. The van der Waals surface area contributed by atoms with Crippen molar-refractivity contribution < 1.29 is 0 Å². The first-order valence-corrected chi connectivity index (χ1v) is 8.28. The summed E-state index contributed by atoms with van der Waals surface area (Å²) in [6.45, 7) is 0.736. The molecule has 0 aliphatic carbocycles. The molecule has 0 saturated carbocycles. The minimum absolute atomic E-state index is 0.0588. The monoisotopic (exact) mass is 314 g/mol. The van der Waals surface area contributed by atoms with E-state index in [1.54, 1.807) is 0 Å². The standard InChI is InChI=1S/C13H15ClN2OS2/c1-15(2)10-6-4-9(5-7-10)8-16(3)12-11(14)13(17)19-18-12/h4-7H,8H2,1-3H3. The highest BCUT2D eigenvalue weighted by Gasteiger charge is 2.12. The van der Waals surface area contributed by atoms with Crippen LogP contribution in [0.1, 0.15) is 5.56 Å². The first-order chi connectivity index (χ1) is 8.99. The Balaban J connectivity index is 2.12. The maximum atomic E-state index is 11.4. The zero-order chi connectivity index (χ0) is 14.0. The maximum absolute atomic E-state index is 11.4. The molecule has 1 aromatic carbocycles. The Bertz CT molecular complexity index is 604. The summed E-state index contributed by atoms with van der Waals surface area (Å²) in [6, 6.07) is 8.35. The number of hydrogen-bond acceptors (Lipinski definition) is 5. The third-order valence-corrected chi connectivity index (χ3v) is 5.65. The van der Waals surface area contributed by atoms with Crippen LogP contribution >= 0.6 is 32.3 Å². The highest BCUT2D eigenvalue weighted by Crippen LogP contribution is 2.31. The second kappa shape index (κ2) is 5.94. The number of nitrogens with zero attached hydrogens (tertiary/aromatic N) is 2. The number of anilines is 2. The Hall–Kier alpha value is -1.04. The topological polar surface area (TPSA) is 23.6 Å². The van der Waals surface area contributed by atoms with Crippen LogP contribution in [0.2, 0.25) is 5.02 Å². The van der Waals surface area contributed by atoms with E-state index < -0.39 is 0 Å². The van der Waals surface area contributed by atoms with Crippen LogP contribution < -0.4 is 14.5 Å². The molecule has 1 heterocycles. The predicted molar refractivity (Wildman–Crippen MR) is 86.4 cm³/mol. The molecule has 102 valence electrons. The lowest BCUT2D eigenvalue weighted by Gasteiger charge is -2.18. The summed E-state index contributed by atoms with van der Waals surface area (Å²) in [5.41, 5.74) is 2.36. The van der Waals surface area contributed by atoms with Crippen LogP contribution in [0.25, 0.3) is 0 Å². The van der Waals surface area contributed by atoms with E-state index in [1.807, 2.05) is 26.0 Å². The van der Waals surface area contributed by atoms with Gasteiger partial charge in [-0.05, 0) is 28.0 Å². The van der Waals surface area contributed by atoms with Gasteiger partial charge in [-0.25, -0.2) is 0 Å². The van der Waals surface area contributed by atoms with E-state index in [9.17, 15) is 4.79 Å². The summed E-state index contributed by atoms with van der Waals surface area (Å²) >= 11 is 6.00. The summed E-state index contributed by atoms with van der Waals surface area (Å²) in [7, 11) is 8.59. The average Bonchev–Trinajstić information content (AvgIpc) is 2.70. The third-order valence-electron chi connectivity index (χ3n) is 2.78. The average molecular weight is 315 g/mol. The van der Waals surface area contributed by atoms with Crippen molar-refractivity contribution in [1.29, 1.82) is 0 Å². The van der Waals surface area contributed by atoms with Crippen LogP contribution in [-0.4, -0.2) is 21.1 Å². The molecule has 6 heteroatoms. The van der Waals surface area contributed by atoms with Gasteiger partial charge in [-0.15, -0.1) is 0 Å². The van der Waals surface area contributed by atoms with Crippen molar-refractivity contribution in [1.82, 2.24) is 0 Å². The van der Waals surface area contributed by atoms with Crippen molar-refractivity contribution in [2.24, 2.45) is 0 Å². The molecule has 0 aliphatic heterocycles. The second-order valence-electron chi connectivity index (χ2n) is 4.49. The van der Waals surface area contributed by atoms with E-state index in [4.69, 9.17) is 11.6 Å². The summed E-state index contributed by atoms with van der Waals surface area (Å²) < 4.78 is -0.0588. The van der Waals surface area contributed by atoms with E-state index in [2.05, 4.69) is 29.2 Å². The summed E-state index contributed by atoms with van der Waals surface area (Å²) in [4.78, 5) is 15.5. The molecule has 0 N–H and O–H groups in total. The SMILES string of the molecule is CN(C)c1ccc(CN(C)c2ssc(=O)c2Cl)cc1. The Morgan fingerprint density at radius 3 is 2.21 bits per heavy atom. The zero-order valence-corrected chi connectivity index (χ0v) is 13.4. The van der Waals surface area contributed by atoms with Gasteiger partial charge in [0.15, 0.2) is 0 Å². The van der Waals surface area contributed by atoms with E-state index in [1.165, 1.54) is 31.9 Å². The molecule has 2 aromatic rings. The molecule has 19 heavy (non-hydrogen) atoms. The Morgan fingerprint density at radius 1 is 1.11 bits per heavy atom. The lowest BCUT2D eigenvalue weighted by molar-refractivity contribution is 0.934. The van der Waals surface area contributed by atoms with Crippen LogP contribution in [0.5, 0.6) is 0 Å². The van der Waals surface area contributed by atoms with Gasteiger partial charge in [-0.2, -0.15) is 0 Å². The fraction of sp³-hybridized carbons (Fsp3) is 0.308. The van der Waals surface area contributed by atoms with Gasteiger partial charge < -0.3 is 9.80 Å². The van der Waals surface area contributed by atoms with Gasteiger partial charge >= 0.3 is 0 Å². The first kappa shape index (κ1) is 14.4. The largest absolute Gasteiger partial charge is 0.378 e. The Morgan fingerprint density at radius 2 is 1.74 bits per heavy atom. The van der Waals surface area contributed by atoms with Crippen LogP contribution in [0.15, 0.2) is 29.1 Å². The van der Waals surface area contributed by atoms with Crippen molar-refractivity contribution in [3.8, 4) is 0 Å². The number of benzene rings is 1. The number of hydrogen-bond donors (Lipinski definition) is 0. The molecule has 0 amide bonds. The van der Waals surface area contributed by atoms with Gasteiger partial charge in [0.05, 0.1) is 0 Å². The van der Waals surface area contributed by atoms with Gasteiger partial charge in [0.2, 0.25) is 0 Å². The lowest BCUT2D eigenvalue weighted by atomic mass is 10.2. The van der Waals surface area contributed by atoms with E-state index in [0.717, 1.165) is 11.5 Å². The molecule has 3 nitrogen and oxygen atoms in total. The third kappa shape index (κ3) is 3.29. The fourth-order valence-electron chi connectivity index (χ4n) is 1.71. The van der Waals surface area contributed by atoms with Crippen molar-refractivity contribution in [3.05, 3.63) is 44.4 Å². The second-order valence-corrected chi connectivity index (χ2v) is 6.96. The minimum atomic E-state index is -0.0588. The number of rotatable bonds is 4. The molecular weight excluding hydrogens is 300 g/mol. The highest BCUT2D eigenvalue weighted by molar-refractivity contribution is 7.70. The summed E-state index contributed by atoms with van der Waals surface area (Å²) in [5.74, 6) is 0. The normalized spacial score (nSPS) is 10.5. The summed E-state index contributed by atoms with van der Waals surface area (Å²) in [6.07, 6.45) is 0. The molecular formula is C13H15ClN2OS2. The van der Waals surface area contributed by atoms with Gasteiger partial charge in [0.1, 0.15) is 10.0 Å². The molecule has 0 saturated heterocycles. The summed E-state index contributed by atoms with van der Waals surface area (Å²) in [5, 5.41) is 1.18. The molecule has 2 rings (SSSR count). The first-order valence-electron chi connectivity index (χ1n) is 5.75. The minimum Gasteiger partial charge on any atom is -0.378 e. The van der Waals surface area contributed by atoms with Gasteiger partial charge in [-0.3, -0.25) is 4.79 Å². The van der Waals surface area contributed by atoms with Crippen molar-refractivity contribution in [2.45, 2.75) is 6.54 Å². The molecule has 0 atom stereocenters. The predicted octanol–water partition coefficient (Wildman–Crippen LogP) is 3.53. The van der Waals surface area contributed by atoms with E-state index >= 15 is 0 Å². The lowest BCUT2D eigenvalue weighted by Crippen LogP contribution is -2.16. The fourth-order valence-corrected chi connectivity index (χ4v) is 4.46. The quantitative estimate of drug-likeness (QED) is 0.807. The van der Waals surface area contributed by atoms with E-state index in [0.29, 0.717) is 5.02 Å². The van der Waals surface area contributed by atoms with Crippen LogP contribution in [0.3, 0.4) is 0 Å². The van der Waals surface area contributed by atoms with Crippen LogP contribution in [-0.2, 0) is 6.54 Å². The van der Waals surface area contributed by atoms with Crippen LogP contribution in [0, 0.1) is 0 Å². The van der Waals surface area contributed by atoms with Gasteiger partial charge in [0.25, 0.3) is 4.74 Å². The molecule has 1 aromatic heterocycles. The molecule has 0 aliphatic rings. The van der Waals surface area contributed by atoms with Crippen molar-refractivity contribution in [2.75, 3.05) is 30.9 Å². The van der Waals surface area contributed by atoms with Gasteiger partial charge in [0, 0.05) is 33.4 Å². The molecule has 0 bridgehead atoms. The maximum Gasteiger partial charge on any atom is 0.263 e. The Labute approximate surface area is 125 Å². The molecule has 0 spiro atoms. The van der Waals surface area contributed by atoms with Gasteiger partial charge in [-0.1, -0.05) is 34.1 Å². The van der Waals surface area contributed by atoms with Crippen molar-refractivity contribution >= 4 is 43.0 Å². The van der Waals surface area contributed by atoms with Crippen molar-refractivity contribution in [3.63, 3.8) is 0 Å². The smallest absolute Gasteiger partial charge is 0.263 e. The Kier molecular flexibility index (Phi) is 4.50. The molecule has 0 radical (unpaired) electrons. The molecule has 0 unspecified atom stereocenters. The highest BCUT2D eigenvalue weighted by atomic mass is 35.5. The molecule has 0 fully saturated rings.